The first-order chi connectivity index (χ1) is 10.2. The van der Waals surface area contributed by atoms with Crippen LogP contribution < -0.4 is 15.8 Å². The molecule has 5 heteroatoms. The van der Waals surface area contributed by atoms with Crippen LogP contribution in [-0.2, 0) is 0 Å². The number of hydrogen-bond acceptors (Lipinski definition) is 3. The average molecular weight is 284 g/mol. The van der Waals surface area contributed by atoms with Crippen LogP contribution in [0.1, 0.15) is 37.3 Å². The SMILES string of the molecule is N#CC1(CN=C(N)NC2CCOc3ccccc32)CCC1. The van der Waals surface area contributed by atoms with Crippen LogP contribution in [0.3, 0.4) is 0 Å². The summed E-state index contributed by atoms with van der Waals surface area (Å²) in [5.41, 5.74) is 6.82. The van der Waals surface area contributed by atoms with Gasteiger partial charge in [-0.1, -0.05) is 24.6 Å². The molecule has 3 N–H and O–H groups in total. The first-order valence-electron chi connectivity index (χ1n) is 7.42. The molecular formula is C16H20N4O. The molecule has 0 amide bonds. The Morgan fingerprint density at radius 2 is 2.29 bits per heavy atom. The van der Waals surface area contributed by atoms with Crippen molar-refractivity contribution in [3.05, 3.63) is 29.8 Å². The maximum Gasteiger partial charge on any atom is 0.189 e. The number of nitriles is 1. The molecule has 0 radical (unpaired) electrons. The van der Waals surface area contributed by atoms with E-state index < -0.39 is 0 Å². The summed E-state index contributed by atoms with van der Waals surface area (Å²) in [6.07, 6.45) is 3.83. The molecule has 110 valence electrons. The molecule has 0 saturated heterocycles. The van der Waals surface area contributed by atoms with Crippen molar-refractivity contribution in [1.29, 1.82) is 5.26 Å². The van der Waals surface area contributed by atoms with Gasteiger partial charge in [0.2, 0.25) is 0 Å². The maximum atomic E-state index is 9.20. The molecule has 5 nitrogen and oxygen atoms in total. The van der Waals surface area contributed by atoms with Crippen molar-refractivity contribution in [2.75, 3.05) is 13.2 Å². The number of ether oxygens (including phenoxy) is 1. The second kappa shape index (κ2) is 5.65. The lowest BCUT2D eigenvalue weighted by Crippen LogP contribution is -2.39. The molecule has 1 heterocycles. The minimum Gasteiger partial charge on any atom is -0.493 e. The fraction of sp³-hybridized carbons (Fsp3) is 0.500. The van der Waals surface area contributed by atoms with Crippen molar-refractivity contribution < 1.29 is 4.74 Å². The van der Waals surface area contributed by atoms with Gasteiger partial charge in [-0.15, -0.1) is 0 Å². The standard InChI is InChI=1S/C16H20N4O/c17-10-16(7-3-8-16)11-19-15(18)20-13-6-9-21-14-5-2-1-4-12(13)14/h1-2,4-5,13H,3,6-9,11H2,(H3,18,19,20). The summed E-state index contributed by atoms with van der Waals surface area (Å²) in [4.78, 5) is 4.38. The number of para-hydroxylation sites is 1. The van der Waals surface area contributed by atoms with Crippen molar-refractivity contribution in [2.45, 2.75) is 31.7 Å². The van der Waals surface area contributed by atoms with Gasteiger partial charge in [-0.05, 0) is 18.9 Å². The van der Waals surface area contributed by atoms with Crippen LogP contribution in [0.2, 0.25) is 0 Å². The summed E-state index contributed by atoms with van der Waals surface area (Å²) in [7, 11) is 0. The van der Waals surface area contributed by atoms with Gasteiger partial charge in [0.05, 0.1) is 30.7 Å². The number of nitrogens with zero attached hydrogens (tertiary/aromatic N) is 2. The summed E-state index contributed by atoms with van der Waals surface area (Å²) in [5, 5.41) is 12.5. The molecule has 1 aromatic rings. The highest BCUT2D eigenvalue weighted by atomic mass is 16.5. The third kappa shape index (κ3) is 2.80. The molecule has 2 aliphatic rings. The number of nitrogens with one attached hydrogen (secondary N) is 1. The first-order valence-corrected chi connectivity index (χ1v) is 7.42. The summed E-state index contributed by atoms with van der Waals surface area (Å²) >= 11 is 0. The summed E-state index contributed by atoms with van der Waals surface area (Å²) in [6, 6.07) is 10.5. The van der Waals surface area contributed by atoms with Crippen molar-refractivity contribution >= 4 is 5.96 Å². The zero-order chi connectivity index (χ0) is 14.7. The van der Waals surface area contributed by atoms with E-state index in [1.807, 2.05) is 24.3 Å². The topological polar surface area (TPSA) is 83.4 Å². The monoisotopic (exact) mass is 284 g/mol. The van der Waals surface area contributed by atoms with Crippen molar-refractivity contribution in [3.63, 3.8) is 0 Å². The molecule has 1 aliphatic carbocycles. The summed E-state index contributed by atoms with van der Waals surface area (Å²) in [6.45, 7) is 1.16. The highest BCUT2D eigenvalue weighted by molar-refractivity contribution is 5.78. The van der Waals surface area contributed by atoms with E-state index in [1.54, 1.807) is 0 Å². The van der Waals surface area contributed by atoms with Gasteiger partial charge in [0.1, 0.15) is 5.75 Å². The highest BCUT2D eigenvalue weighted by Gasteiger charge is 2.37. The Balaban J connectivity index is 1.66. The second-order valence-corrected chi connectivity index (χ2v) is 5.82. The minimum atomic E-state index is -0.278. The molecule has 1 aliphatic heterocycles. The van der Waals surface area contributed by atoms with E-state index in [0.29, 0.717) is 19.1 Å². The van der Waals surface area contributed by atoms with Gasteiger partial charge in [0, 0.05) is 12.0 Å². The number of rotatable bonds is 3. The number of guanidine groups is 1. The fourth-order valence-corrected chi connectivity index (χ4v) is 2.86. The Morgan fingerprint density at radius 3 is 3.00 bits per heavy atom. The van der Waals surface area contributed by atoms with E-state index in [2.05, 4.69) is 16.4 Å². The molecule has 1 saturated carbocycles. The van der Waals surface area contributed by atoms with Gasteiger partial charge >= 0.3 is 0 Å². The average Bonchev–Trinajstić information content (AvgIpc) is 2.47. The van der Waals surface area contributed by atoms with Crippen LogP contribution in [0, 0.1) is 16.7 Å². The molecule has 1 aromatic carbocycles. The van der Waals surface area contributed by atoms with Gasteiger partial charge in [0.25, 0.3) is 0 Å². The molecule has 3 rings (SSSR count). The van der Waals surface area contributed by atoms with Gasteiger partial charge < -0.3 is 15.8 Å². The molecule has 21 heavy (non-hydrogen) atoms. The lowest BCUT2D eigenvalue weighted by atomic mass is 9.70. The van der Waals surface area contributed by atoms with Gasteiger partial charge in [-0.25, -0.2) is 0 Å². The zero-order valence-electron chi connectivity index (χ0n) is 12.0. The number of fused-ring (bicyclic) bond motifs is 1. The van der Waals surface area contributed by atoms with Crippen molar-refractivity contribution in [2.24, 2.45) is 16.1 Å². The number of nitrogens with two attached hydrogens (primary N) is 1. The molecule has 1 unspecified atom stereocenters. The van der Waals surface area contributed by atoms with E-state index in [1.165, 1.54) is 0 Å². The zero-order valence-corrected chi connectivity index (χ0v) is 12.0. The molecule has 1 atom stereocenters. The molecule has 0 bridgehead atoms. The summed E-state index contributed by atoms with van der Waals surface area (Å²) < 4.78 is 5.63. The quantitative estimate of drug-likeness (QED) is 0.657. The molecule has 0 spiro atoms. The van der Waals surface area contributed by atoms with Gasteiger partial charge in [-0.3, -0.25) is 4.99 Å². The largest absolute Gasteiger partial charge is 0.493 e. The predicted molar refractivity (Wildman–Crippen MR) is 80.8 cm³/mol. The van der Waals surface area contributed by atoms with E-state index in [-0.39, 0.29) is 11.5 Å². The Kier molecular flexibility index (Phi) is 3.70. The van der Waals surface area contributed by atoms with E-state index >= 15 is 0 Å². The minimum absolute atomic E-state index is 0.123. The van der Waals surface area contributed by atoms with Crippen LogP contribution in [-0.4, -0.2) is 19.1 Å². The van der Waals surface area contributed by atoms with Crippen molar-refractivity contribution in [3.8, 4) is 11.8 Å². The fourth-order valence-electron chi connectivity index (χ4n) is 2.86. The highest BCUT2D eigenvalue weighted by Crippen LogP contribution is 2.40. The Labute approximate surface area is 124 Å². The van der Waals surface area contributed by atoms with Crippen LogP contribution in [0.15, 0.2) is 29.3 Å². The lowest BCUT2D eigenvalue weighted by molar-refractivity contribution is 0.226. The number of aliphatic imine (C=N–C) groups is 1. The Hall–Kier alpha value is -2.22. The first kappa shape index (κ1) is 13.7. The number of hydrogen-bond donors (Lipinski definition) is 2. The van der Waals surface area contributed by atoms with Crippen LogP contribution in [0.4, 0.5) is 0 Å². The molecule has 0 aromatic heterocycles. The van der Waals surface area contributed by atoms with Gasteiger partial charge in [-0.2, -0.15) is 5.26 Å². The van der Waals surface area contributed by atoms with Crippen LogP contribution >= 0.6 is 0 Å². The second-order valence-electron chi connectivity index (χ2n) is 5.82. The lowest BCUT2D eigenvalue weighted by Gasteiger charge is -2.33. The van der Waals surface area contributed by atoms with Crippen LogP contribution in [0.5, 0.6) is 5.75 Å². The smallest absolute Gasteiger partial charge is 0.189 e. The molecular weight excluding hydrogens is 264 g/mol. The Bertz CT molecular complexity index is 586. The molecule has 1 fully saturated rings. The third-order valence-corrected chi connectivity index (χ3v) is 4.38. The Morgan fingerprint density at radius 1 is 1.48 bits per heavy atom. The van der Waals surface area contributed by atoms with E-state index in [9.17, 15) is 5.26 Å². The summed E-state index contributed by atoms with van der Waals surface area (Å²) in [5.74, 6) is 1.32. The van der Waals surface area contributed by atoms with E-state index in [0.717, 1.165) is 37.0 Å². The van der Waals surface area contributed by atoms with E-state index in [4.69, 9.17) is 10.5 Å². The van der Waals surface area contributed by atoms with Crippen LogP contribution in [0.25, 0.3) is 0 Å². The number of benzene rings is 1. The normalized spacial score (nSPS) is 23.2. The maximum absolute atomic E-state index is 9.20. The van der Waals surface area contributed by atoms with Crippen molar-refractivity contribution in [1.82, 2.24) is 5.32 Å². The third-order valence-electron chi connectivity index (χ3n) is 4.38. The predicted octanol–water partition coefficient (Wildman–Crippen LogP) is 2.11. The van der Waals surface area contributed by atoms with Gasteiger partial charge in [0.15, 0.2) is 5.96 Å².